The van der Waals surface area contributed by atoms with E-state index in [0.29, 0.717) is 29.7 Å². The summed E-state index contributed by atoms with van der Waals surface area (Å²) in [4.78, 5) is 8.27. The third-order valence-electron chi connectivity index (χ3n) is 2.51. The first-order chi connectivity index (χ1) is 8.81. The third-order valence-corrected chi connectivity index (χ3v) is 2.51. The summed E-state index contributed by atoms with van der Waals surface area (Å²) in [6, 6.07) is 1.74. The molecular formula is C10H11N7O. The maximum Gasteiger partial charge on any atom is 0.252 e. The second-order valence-electron chi connectivity index (χ2n) is 3.68. The molecular weight excluding hydrogens is 234 g/mol. The molecule has 8 nitrogen and oxygen atoms in total. The Balaban J connectivity index is 2.24. The minimum Gasteiger partial charge on any atom is -0.383 e. The van der Waals surface area contributed by atoms with Crippen LogP contribution in [-0.2, 0) is 11.3 Å². The van der Waals surface area contributed by atoms with Crippen molar-refractivity contribution >= 4 is 16.9 Å². The Morgan fingerprint density at radius 2 is 2.17 bits per heavy atom. The number of hydrogen-bond acceptors (Lipinski definition) is 6. The third kappa shape index (κ3) is 1.51. The minimum atomic E-state index is 0.347. The highest BCUT2D eigenvalue weighted by atomic mass is 16.5. The standard InChI is InChI=1S/C10H11N7O/c1-18-5-6-7-8(11)14-15-9(7)17(16-6)10-12-3-2-4-13-10/h2-4H,5H2,1H3,(H3,11,14,15). The first-order valence-electron chi connectivity index (χ1n) is 5.29. The van der Waals surface area contributed by atoms with E-state index in [4.69, 9.17) is 10.5 Å². The number of ether oxygens (including phenoxy) is 1. The van der Waals surface area contributed by atoms with Crippen LogP contribution in [0.25, 0.3) is 17.0 Å². The molecule has 0 fully saturated rings. The maximum atomic E-state index is 5.83. The molecule has 0 unspecified atom stereocenters. The van der Waals surface area contributed by atoms with Gasteiger partial charge in [0.15, 0.2) is 5.65 Å². The number of rotatable bonds is 3. The summed E-state index contributed by atoms with van der Waals surface area (Å²) in [6.07, 6.45) is 3.28. The van der Waals surface area contributed by atoms with Crippen LogP contribution in [0.4, 0.5) is 5.82 Å². The molecule has 0 amide bonds. The Morgan fingerprint density at radius 3 is 2.89 bits per heavy atom. The van der Waals surface area contributed by atoms with Gasteiger partial charge < -0.3 is 10.5 Å². The molecule has 3 heterocycles. The lowest BCUT2D eigenvalue weighted by Crippen LogP contribution is -2.03. The lowest BCUT2D eigenvalue weighted by molar-refractivity contribution is 0.182. The Hall–Kier alpha value is -2.48. The number of nitrogens with one attached hydrogen (secondary N) is 1. The summed E-state index contributed by atoms with van der Waals surface area (Å²) in [5, 5.41) is 11.9. The summed E-state index contributed by atoms with van der Waals surface area (Å²) >= 11 is 0. The van der Waals surface area contributed by atoms with Gasteiger partial charge in [0.25, 0.3) is 5.95 Å². The molecule has 0 bridgehead atoms. The number of hydrogen-bond donors (Lipinski definition) is 2. The van der Waals surface area contributed by atoms with Crippen molar-refractivity contribution in [1.82, 2.24) is 29.9 Å². The normalized spacial score (nSPS) is 11.2. The van der Waals surface area contributed by atoms with Crippen LogP contribution in [0.2, 0.25) is 0 Å². The number of fused-ring (bicyclic) bond motifs is 1. The molecule has 0 atom stereocenters. The zero-order valence-corrected chi connectivity index (χ0v) is 9.66. The van der Waals surface area contributed by atoms with Crippen LogP contribution in [-0.4, -0.2) is 37.1 Å². The predicted octanol–water partition coefficient (Wildman–Crippen LogP) is 0.267. The highest BCUT2D eigenvalue weighted by Gasteiger charge is 2.18. The molecule has 18 heavy (non-hydrogen) atoms. The molecule has 0 aliphatic carbocycles. The van der Waals surface area contributed by atoms with E-state index in [9.17, 15) is 0 Å². The maximum absolute atomic E-state index is 5.83. The van der Waals surface area contributed by atoms with Crippen LogP contribution >= 0.6 is 0 Å². The van der Waals surface area contributed by atoms with Gasteiger partial charge in [-0.05, 0) is 6.07 Å². The summed E-state index contributed by atoms with van der Waals surface area (Å²) < 4.78 is 6.63. The van der Waals surface area contributed by atoms with E-state index in [0.717, 1.165) is 5.39 Å². The number of aromatic amines is 1. The zero-order valence-electron chi connectivity index (χ0n) is 9.66. The fraction of sp³-hybridized carbons (Fsp3) is 0.200. The van der Waals surface area contributed by atoms with Crippen molar-refractivity contribution in [1.29, 1.82) is 0 Å². The zero-order chi connectivity index (χ0) is 12.5. The average molecular weight is 245 g/mol. The number of nitrogens with two attached hydrogens (primary N) is 1. The molecule has 3 rings (SSSR count). The number of aromatic nitrogens is 6. The monoisotopic (exact) mass is 245 g/mol. The average Bonchev–Trinajstić information content (AvgIpc) is 2.94. The molecule has 3 N–H and O–H groups in total. The molecule has 8 heteroatoms. The fourth-order valence-corrected chi connectivity index (χ4v) is 1.78. The SMILES string of the molecule is COCc1nn(-c2ncccn2)c2n[nH]c(N)c12. The van der Waals surface area contributed by atoms with E-state index in [2.05, 4.69) is 25.3 Å². The van der Waals surface area contributed by atoms with Gasteiger partial charge >= 0.3 is 0 Å². The lowest BCUT2D eigenvalue weighted by Gasteiger charge is -1.97. The number of H-pyrrole nitrogens is 1. The van der Waals surface area contributed by atoms with Crippen LogP contribution in [0.15, 0.2) is 18.5 Å². The second kappa shape index (κ2) is 4.08. The van der Waals surface area contributed by atoms with Gasteiger partial charge in [-0.25, -0.2) is 9.97 Å². The number of nitrogen functional groups attached to an aromatic ring is 1. The van der Waals surface area contributed by atoms with Gasteiger partial charge in [-0.1, -0.05) is 0 Å². The molecule has 0 aliphatic heterocycles. The largest absolute Gasteiger partial charge is 0.383 e. The van der Waals surface area contributed by atoms with E-state index in [1.165, 1.54) is 4.68 Å². The Kier molecular flexibility index (Phi) is 2.41. The molecule has 0 spiro atoms. The second-order valence-corrected chi connectivity index (χ2v) is 3.68. The van der Waals surface area contributed by atoms with Gasteiger partial charge in [-0.15, -0.1) is 0 Å². The van der Waals surface area contributed by atoms with Gasteiger partial charge in [-0.3, -0.25) is 5.10 Å². The Bertz CT molecular complexity index is 672. The van der Waals surface area contributed by atoms with E-state index in [1.807, 2.05) is 0 Å². The highest BCUT2D eigenvalue weighted by Crippen LogP contribution is 2.23. The van der Waals surface area contributed by atoms with Gasteiger partial charge in [0.2, 0.25) is 0 Å². The highest BCUT2D eigenvalue weighted by molar-refractivity contribution is 5.89. The van der Waals surface area contributed by atoms with Crippen molar-refractivity contribution in [3.05, 3.63) is 24.2 Å². The topological polar surface area (TPSA) is 108 Å². The molecule has 92 valence electrons. The van der Waals surface area contributed by atoms with Gasteiger partial charge in [-0.2, -0.15) is 14.9 Å². The quantitative estimate of drug-likeness (QED) is 0.685. The van der Waals surface area contributed by atoms with E-state index >= 15 is 0 Å². The Labute approximate surface area is 102 Å². The van der Waals surface area contributed by atoms with Crippen molar-refractivity contribution in [3.63, 3.8) is 0 Å². The summed E-state index contributed by atoms with van der Waals surface area (Å²) in [5.74, 6) is 0.899. The number of anilines is 1. The van der Waals surface area contributed by atoms with E-state index in [-0.39, 0.29) is 0 Å². The van der Waals surface area contributed by atoms with Crippen molar-refractivity contribution in [2.75, 3.05) is 12.8 Å². The molecule has 3 aromatic heterocycles. The molecule has 3 aromatic rings. The first-order valence-corrected chi connectivity index (χ1v) is 5.29. The van der Waals surface area contributed by atoms with Crippen molar-refractivity contribution in [2.45, 2.75) is 6.61 Å². The van der Waals surface area contributed by atoms with Gasteiger partial charge in [0.05, 0.1) is 12.0 Å². The van der Waals surface area contributed by atoms with Gasteiger partial charge in [0.1, 0.15) is 11.5 Å². The van der Waals surface area contributed by atoms with Crippen LogP contribution < -0.4 is 5.73 Å². The molecule has 0 saturated carbocycles. The predicted molar refractivity (Wildman–Crippen MR) is 63.9 cm³/mol. The molecule has 0 saturated heterocycles. The summed E-state index contributed by atoms with van der Waals surface area (Å²) in [6.45, 7) is 0.347. The number of nitrogens with zero attached hydrogens (tertiary/aromatic N) is 5. The van der Waals surface area contributed by atoms with Crippen molar-refractivity contribution in [3.8, 4) is 5.95 Å². The van der Waals surface area contributed by atoms with E-state index < -0.39 is 0 Å². The fourth-order valence-electron chi connectivity index (χ4n) is 1.78. The first kappa shape index (κ1) is 10.7. The van der Waals surface area contributed by atoms with Crippen molar-refractivity contribution in [2.24, 2.45) is 0 Å². The summed E-state index contributed by atoms with van der Waals surface area (Å²) in [7, 11) is 1.60. The Morgan fingerprint density at radius 1 is 1.39 bits per heavy atom. The minimum absolute atomic E-state index is 0.347. The van der Waals surface area contributed by atoms with Gasteiger partial charge in [0, 0.05) is 19.5 Å². The number of methoxy groups -OCH3 is 1. The summed E-state index contributed by atoms with van der Waals surface area (Å²) in [5.41, 5.74) is 7.12. The van der Waals surface area contributed by atoms with Crippen molar-refractivity contribution < 1.29 is 4.74 Å². The van der Waals surface area contributed by atoms with E-state index in [1.54, 1.807) is 25.6 Å². The molecule has 0 radical (unpaired) electrons. The van der Waals surface area contributed by atoms with Crippen LogP contribution in [0.5, 0.6) is 0 Å². The van der Waals surface area contributed by atoms with Crippen LogP contribution in [0, 0.1) is 0 Å². The molecule has 0 aromatic carbocycles. The smallest absolute Gasteiger partial charge is 0.252 e. The molecule has 0 aliphatic rings. The lowest BCUT2D eigenvalue weighted by atomic mass is 10.3. The van der Waals surface area contributed by atoms with Crippen LogP contribution in [0.3, 0.4) is 0 Å². The van der Waals surface area contributed by atoms with Crippen LogP contribution in [0.1, 0.15) is 5.69 Å².